The number of anilines is 1. The lowest BCUT2D eigenvalue weighted by Gasteiger charge is -2.26. The molecule has 1 aromatic carbocycles. The van der Waals surface area contributed by atoms with Gasteiger partial charge in [0.2, 0.25) is 11.8 Å². The molecule has 2 heterocycles. The average Bonchev–Trinajstić information content (AvgIpc) is 3.30. The fourth-order valence-electron chi connectivity index (χ4n) is 3.93. The van der Waals surface area contributed by atoms with Crippen LogP contribution in [0.1, 0.15) is 56.5 Å². The number of carbonyl (C=O) groups is 4. The summed E-state index contributed by atoms with van der Waals surface area (Å²) in [7, 11) is 0. The Morgan fingerprint density at radius 1 is 1.19 bits per heavy atom. The third-order valence-corrected chi connectivity index (χ3v) is 6.11. The number of rotatable bonds is 10. The van der Waals surface area contributed by atoms with Gasteiger partial charge < -0.3 is 25.3 Å². The topological polar surface area (TPSA) is 194 Å². The van der Waals surface area contributed by atoms with Crippen molar-refractivity contribution >= 4 is 40.4 Å². The third kappa shape index (κ3) is 6.00. The normalized spacial score (nSPS) is 13.5. The second kappa shape index (κ2) is 10.6. The van der Waals surface area contributed by atoms with Crippen LogP contribution < -0.4 is 16.3 Å². The van der Waals surface area contributed by atoms with Crippen molar-refractivity contribution in [3.05, 3.63) is 51.6 Å². The minimum atomic E-state index is -1.28. The van der Waals surface area contributed by atoms with Crippen LogP contribution in [0.2, 0.25) is 0 Å². The van der Waals surface area contributed by atoms with E-state index < -0.39 is 47.9 Å². The van der Waals surface area contributed by atoms with Crippen molar-refractivity contribution in [2.24, 2.45) is 0 Å². The van der Waals surface area contributed by atoms with E-state index in [9.17, 15) is 29.1 Å². The molecule has 0 saturated heterocycles. The van der Waals surface area contributed by atoms with E-state index >= 15 is 0 Å². The van der Waals surface area contributed by atoms with Gasteiger partial charge in [-0.05, 0) is 38.0 Å². The number of benzene rings is 1. The van der Waals surface area contributed by atoms with E-state index in [0.717, 1.165) is 4.68 Å². The Kier molecular flexibility index (Phi) is 7.75. The fraction of sp³-hybridized carbons (Fsp3) is 0.375. The van der Waals surface area contributed by atoms with E-state index in [1.165, 1.54) is 25.3 Å². The molecule has 0 spiro atoms. The maximum absolute atomic E-state index is 13.1. The quantitative estimate of drug-likeness (QED) is 0.290. The summed E-state index contributed by atoms with van der Waals surface area (Å²) in [4.78, 5) is 59.6. The zero-order valence-corrected chi connectivity index (χ0v) is 20.7. The first-order valence-corrected chi connectivity index (χ1v) is 11.4. The Hall–Kier alpha value is -4.55. The van der Waals surface area contributed by atoms with Crippen LogP contribution in [0, 0.1) is 6.92 Å². The fourth-order valence-corrected chi connectivity index (χ4v) is 3.93. The Labute approximate surface area is 210 Å². The summed E-state index contributed by atoms with van der Waals surface area (Å²) in [5.74, 6) is -3.41. The smallest absolute Gasteiger partial charge is 0.340 e. The number of fused-ring (bicyclic) bond motifs is 1. The zero-order valence-electron chi connectivity index (χ0n) is 20.7. The molecule has 2 aromatic heterocycles. The minimum absolute atomic E-state index is 0.0265. The van der Waals surface area contributed by atoms with E-state index in [2.05, 4.69) is 20.9 Å². The van der Waals surface area contributed by atoms with Crippen LogP contribution in [0.25, 0.3) is 11.0 Å². The Balaban J connectivity index is 1.92. The summed E-state index contributed by atoms with van der Waals surface area (Å²) < 4.78 is 6.39. The highest BCUT2D eigenvalue weighted by Crippen LogP contribution is 2.26. The lowest BCUT2D eigenvalue weighted by molar-refractivity contribution is -0.140. The molecule has 0 bridgehead atoms. The van der Waals surface area contributed by atoms with Crippen molar-refractivity contribution in [2.75, 3.05) is 5.32 Å². The standard InChI is InChI=1S/C24H27N5O8/c1-5-24(4,26-13(3)30)19-11-29(28-27-19)17(10-21(33)34)22(35)25-14-6-7-15-12(2)16(9-20(31)32)23(36)37-18(15)8-14/h6-8,11,17H,5,9-10H2,1-4H3,(H,25,35)(H,26,30)(H,31,32)(H,33,34). The summed E-state index contributed by atoms with van der Waals surface area (Å²) >= 11 is 0. The maximum Gasteiger partial charge on any atom is 0.340 e. The van der Waals surface area contributed by atoms with Crippen molar-refractivity contribution in [3.8, 4) is 0 Å². The van der Waals surface area contributed by atoms with Crippen LogP contribution in [0.3, 0.4) is 0 Å². The molecule has 0 radical (unpaired) electrons. The van der Waals surface area contributed by atoms with Crippen LogP contribution in [0.4, 0.5) is 5.69 Å². The highest BCUT2D eigenvalue weighted by Gasteiger charge is 2.32. The van der Waals surface area contributed by atoms with Gasteiger partial charge in [0.1, 0.15) is 17.3 Å². The molecular weight excluding hydrogens is 486 g/mol. The molecule has 0 aliphatic carbocycles. The predicted molar refractivity (Wildman–Crippen MR) is 130 cm³/mol. The molecule has 0 aliphatic heterocycles. The number of nitrogens with one attached hydrogen (secondary N) is 2. The van der Waals surface area contributed by atoms with Gasteiger partial charge in [0.05, 0.1) is 30.1 Å². The summed E-state index contributed by atoms with van der Waals surface area (Å²) in [5, 5.41) is 32.3. The Morgan fingerprint density at radius 3 is 2.49 bits per heavy atom. The molecule has 196 valence electrons. The highest BCUT2D eigenvalue weighted by molar-refractivity contribution is 5.97. The van der Waals surface area contributed by atoms with Crippen LogP contribution in [0.15, 0.2) is 33.6 Å². The maximum atomic E-state index is 13.1. The van der Waals surface area contributed by atoms with E-state index in [4.69, 9.17) is 9.52 Å². The number of nitrogens with zero attached hydrogens (tertiary/aromatic N) is 3. The molecule has 2 atom stereocenters. The number of carbonyl (C=O) groups excluding carboxylic acids is 2. The molecule has 0 saturated carbocycles. The monoisotopic (exact) mass is 513 g/mol. The summed E-state index contributed by atoms with van der Waals surface area (Å²) in [6, 6.07) is 3.20. The van der Waals surface area contributed by atoms with Gasteiger partial charge in [-0.3, -0.25) is 19.2 Å². The Morgan fingerprint density at radius 2 is 1.89 bits per heavy atom. The highest BCUT2D eigenvalue weighted by atomic mass is 16.4. The van der Waals surface area contributed by atoms with E-state index in [-0.39, 0.29) is 22.7 Å². The first-order valence-electron chi connectivity index (χ1n) is 11.4. The third-order valence-electron chi connectivity index (χ3n) is 6.11. The average molecular weight is 514 g/mol. The molecule has 0 fully saturated rings. The molecule has 2 amide bonds. The first kappa shape index (κ1) is 27.0. The lowest BCUT2D eigenvalue weighted by Crippen LogP contribution is -2.42. The van der Waals surface area contributed by atoms with E-state index in [1.54, 1.807) is 19.9 Å². The van der Waals surface area contributed by atoms with Gasteiger partial charge in [-0.15, -0.1) is 5.10 Å². The van der Waals surface area contributed by atoms with Crippen molar-refractivity contribution in [1.29, 1.82) is 0 Å². The van der Waals surface area contributed by atoms with Gasteiger partial charge in [-0.2, -0.15) is 0 Å². The van der Waals surface area contributed by atoms with Crippen molar-refractivity contribution in [1.82, 2.24) is 20.3 Å². The molecule has 13 nitrogen and oxygen atoms in total. The van der Waals surface area contributed by atoms with Crippen LogP contribution in [-0.4, -0.2) is 49.0 Å². The second-order valence-electron chi connectivity index (χ2n) is 8.83. The van der Waals surface area contributed by atoms with Crippen molar-refractivity contribution in [2.45, 2.75) is 58.5 Å². The largest absolute Gasteiger partial charge is 0.481 e. The lowest BCUT2D eigenvalue weighted by atomic mass is 9.95. The summed E-state index contributed by atoms with van der Waals surface area (Å²) in [5.41, 5.74) is -0.495. The second-order valence-corrected chi connectivity index (χ2v) is 8.83. The number of carboxylic acid groups (broad SMARTS) is 2. The predicted octanol–water partition coefficient (Wildman–Crippen LogP) is 1.74. The molecule has 0 aliphatic rings. The number of amides is 2. The molecule has 4 N–H and O–H groups in total. The number of hydrogen-bond donors (Lipinski definition) is 4. The Bertz CT molecular complexity index is 1440. The number of aryl methyl sites for hydroxylation is 1. The van der Waals surface area contributed by atoms with Crippen molar-refractivity contribution in [3.63, 3.8) is 0 Å². The number of hydrogen-bond acceptors (Lipinski definition) is 8. The van der Waals surface area contributed by atoms with Crippen molar-refractivity contribution < 1.29 is 33.8 Å². The van der Waals surface area contributed by atoms with Gasteiger partial charge in [0.15, 0.2) is 0 Å². The van der Waals surface area contributed by atoms with Crippen LogP contribution in [0.5, 0.6) is 0 Å². The number of carboxylic acids is 2. The van der Waals surface area contributed by atoms with Gasteiger partial charge in [-0.1, -0.05) is 12.1 Å². The summed E-state index contributed by atoms with van der Waals surface area (Å²) in [6.07, 6.45) is 0.798. The molecule has 13 heteroatoms. The van der Waals surface area contributed by atoms with E-state index in [1.807, 2.05) is 6.92 Å². The van der Waals surface area contributed by atoms with Crippen LogP contribution in [-0.2, 0) is 31.1 Å². The SMILES string of the molecule is CCC(C)(NC(C)=O)c1cn(C(CC(=O)O)C(=O)Nc2ccc3c(C)c(CC(=O)O)c(=O)oc3c2)nn1. The van der Waals surface area contributed by atoms with E-state index in [0.29, 0.717) is 23.1 Å². The summed E-state index contributed by atoms with van der Waals surface area (Å²) in [6.45, 7) is 6.54. The zero-order chi connectivity index (χ0) is 27.5. The number of aliphatic carboxylic acids is 2. The minimum Gasteiger partial charge on any atom is -0.481 e. The molecule has 3 rings (SSSR count). The van der Waals surface area contributed by atoms with Gasteiger partial charge in [0.25, 0.3) is 0 Å². The first-order chi connectivity index (χ1) is 17.3. The molecule has 2 unspecified atom stereocenters. The number of aromatic nitrogens is 3. The van der Waals surface area contributed by atoms with Crippen LogP contribution >= 0.6 is 0 Å². The van der Waals surface area contributed by atoms with Gasteiger partial charge >= 0.3 is 17.6 Å². The molecule has 3 aromatic rings. The van der Waals surface area contributed by atoms with Gasteiger partial charge in [-0.25, -0.2) is 9.48 Å². The van der Waals surface area contributed by atoms with Gasteiger partial charge in [0, 0.05) is 24.1 Å². The molecule has 37 heavy (non-hydrogen) atoms. The molecular formula is C24H27N5O8.